The summed E-state index contributed by atoms with van der Waals surface area (Å²) in [6.45, 7) is 0. The maximum Gasteiger partial charge on any atom is 0.214 e. The smallest absolute Gasteiger partial charge is 0.214 e. The van der Waals surface area contributed by atoms with Crippen molar-refractivity contribution in [2.45, 2.75) is 6.42 Å². The molecule has 0 atom stereocenters. The summed E-state index contributed by atoms with van der Waals surface area (Å²) >= 11 is 1.42. The number of para-hydroxylation sites is 2. The molecule has 0 amide bonds. The van der Waals surface area contributed by atoms with Crippen molar-refractivity contribution in [1.29, 1.82) is 0 Å². The largest absolute Gasteiger partial charge is 0.348 e. The summed E-state index contributed by atoms with van der Waals surface area (Å²) < 4.78 is 6.56. The van der Waals surface area contributed by atoms with Crippen molar-refractivity contribution < 1.29 is 0 Å². The first-order chi connectivity index (χ1) is 8.92. The van der Waals surface area contributed by atoms with Gasteiger partial charge in [-0.05, 0) is 12.1 Å². The molecular formula is C12H9N5S. The summed E-state index contributed by atoms with van der Waals surface area (Å²) in [5.41, 5.74) is 2.11. The van der Waals surface area contributed by atoms with Crippen LogP contribution in [-0.4, -0.2) is 23.7 Å². The van der Waals surface area contributed by atoms with Crippen molar-refractivity contribution >= 4 is 27.5 Å². The average Bonchev–Trinajstić information content (AvgIpc) is 3.07. The number of benzene rings is 1. The third kappa shape index (κ3) is 1.36. The van der Waals surface area contributed by atoms with E-state index in [2.05, 4.69) is 29.8 Å². The number of fused-ring (bicyclic) bond motifs is 3. The Balaban J connectivity index is 1.95. The third-order valence-electron chi connectivity index (χ3n) is 2.90. The fourth-order valence-corrected chi connectivity index (χ4v) is 2.86. The Morgan fingerprint density at radius 1 is 1.28 bits per heavy atom. The van der Waals surface area contributed by atoms with Gasteiger partial charge in [-0.3, -0.25) is 4.40 Å². The lowest BCUT2D eigenvalue weighted by Gasteiger charge is -1.96. The van der Waals surface area contributed by atoms with Gasteiger partial charge in [-0.1, -0.05) is 12.1 Å². The molecule has 1 aromatic carbocycles. The number of aromatic amines is 1. The van der Waals surface area contributed by atoms with Crippen LogP contribution >= 0.6 is 11.5 Å². The Bertz CT molecular complexity index is 811. The highest BCUT2D eigenvalue weighted by atomic mass is 32.1. The van der Waals surface area contributed by atoms with Crippen molar-refractivity contribution in [3.05, 3.63) is 48.3 Å². The lowest BCUT2D eigenvalue weighted by atomic mass is 10.3. The third-order valence-corrected chi connectivity index (χ3v) is 3.64. The van der Waals surface area contributed by atoms with Crippen LogP contribution < -0.4 is 0 Å². The molecule has 0 spiro atoms. The molecule has 88 valence electrons. The molecule has 4 rings (SSSR count). The first kappa shape index (κ1) is 9.78. The molecule has 3 aromatic heterocycles. The quantitative estimate of drug-likeness (QED) is 0.597. The first-order valence-electron chi connectivity index (χ1n) is 5.62. The van der Waals surface area contributed by atoms with E-state index in [1.54, 1.807) is 6.20 Å². The highest BCUT2D eigenvalue weighted by Crippen LogP contribution is 2.21. The van der Waals surface area contributed by atoms with Crippen molar-refractivity contribution in [1.82, 2.24) is 23.7 Å². The van der Waals surface area contributed by atoms with Crippen LogP contribution in [0.15, 0.2) is 36.7 Å². The molecule has 0 saturated heterocycles. The van der Waals surface area contributed by atoms with Crippen LogP contribution in [0.2, 0.25) is 0 Å². The summed E-state index contributed by atoms with van der Waals surface area (Å²) in [6.07, 6.45) is 4.27. The molecular weight excluding hydrogens is 246 g/mol. The van der Waals surface area contributed by atoms with Gasteiger partial charge in [0.15, 0.2) is 0 Å². The van der Waals surface area contributed by atoms with E-state index in [0.717, 1.165) is 27.6 Å². The van der Waals surface area contributed by atoms with E-state index in [9.17, 15) is 0 Å². The minimum atomic E-state index is 0.688. The maximum absolute atomic E-state index is 4.55. The molecule has 1 N–H and O–H groups in total. The second kappa shape index (κ2) is 3.64. The summed E-state index contributed by atoms with van der Waals surface area (Å²) in [4.78, 5) is 12.8. The summed E-state index contributed by atoms with van der Waals surface area (Å²) in [5, 5.41) is 0. The maximum atomic E-state index is 4.55. The number of hydrogen-bond donors (Lipinski definition) is 1. The molecule has 0 bridgehead atoms. The lowest BCUT2D eigenvalue weighted by Crippen LogP contribution is -1.97. The van der Waals surface area contributed by atoms with Crippen LogP contribution in [0, 0.1) is 0 Å². The molecule has 5 nitrogen and oxygen atoms in total. The van der Waals surface area contributed by atoms with Crippen LogP contribution in [0.5, 0.6) is 0 Å². The zero-order chi connectivity index (χ0) is 11.9. The molecule has 0 aliphatic carbocycles. The molecule has 0 unspecified atom stereocenters. The number of nitrogens with zero attached hydrogens (tertiary/aromatic N) is 4. The van der Waals surface area contributed by atoms with Crippen LogP contribution in [0.3, 0.4) is 0 Å². The second-order valence-corrected chi connectivity index (χ2v) is 4.76. The predicted molar refractivity (Wildman–Crippen MR) is 69.8 cm³/mol. The van der Waals surface area contributed by atoms with Gasteiger partial charge in [-0.2, -0.15) is 4.37 Å². The number of rotatable bonds is 2. The highest BCUT2D eigenvalue weighted by molar-refractivity contribution is 7.11. The van der Waals surface area contributed by atoms with Gasteiger partial charge in [0.2, 0.25) is 4.96 Å². The molecule has 0 aliphatic heterocycles. The Labute approximate surface area is 106 Å². The first-order valence-corrected chi connectivity index (χ1v) is 6.39. The Morgan fingerprint density at radius 3 is 3.11 bits per heavy atom. The van der Waals surface area contributed by atoms with Crippen LogP contribution in [0.1, 0.15) is 11.6 Å². The molecule has 6 heteroatoms. The van der Waals surface area contributed by atoms with Gasteiger partial charge >= 0.3 is 0 Å². The van der Waals surface area contributed by atoms with E-state index in [0.29, 0.717) is 6.42 Å². The van der Waals surface area contributed by atoms with E-state index in [1.165, 1.54) is 11.5 Å². The minimum Gasteiger partial charge on any atom is -0.348 e. The van der Waals surface area contributed by atoms with Crippen molar-refractivity contribution in [3.63, 3.8) is 0 Å². The van der Waals surface area contributed by atoms with E-state index < -0.39 is 0 Å². The highest BCUT2D eigenvalue weighted by Gasteiger charge is 2.12. The zero-order valence-electron chi connectivity index (χ0n) is 9.37. The molecule has 18 heavy (non-hydrogen) atoms. The number of nitrogens with one attached hydrogen (secondary N) is 1. The van der Waals surface area contributed by atoms with E-state index in [4.69, 9.17) is 0 Å². The summed E-state index contributed by atoms with van der Waals surface area (Å²) in [5.74, 6) is 1.89. The molecule has 0 fully saturated rings. The van der Waals surface area contributed by atoms with Gasteiger partial charge in [0.05, 0.1) is 17.5 Å². The van der Waals surface area contributed by atoms with Crippen molar-refractivity contribution in [2.75, 3.05) is 0 Å². The molecule has 0 radical (unpaired) electrons. The lowest BCUT2D eigenvalue weighted by molar-refractivity contribution is 0.929. The molecule has 0 aliphatic rings. The normalized spacial score (nSPS) is 11.6. The zero-order valence-corrected chi connectivity index (χ0v) is 10.2. The average molecular weight is 255 g/mol. The molecule has 0 saturated carbocycles. The molecule has 3 heterocycles. The van der Waals surface area contributed by atoms with Crippen LogP contribution in [-0.2, 0) is 6.42 Å². The van der Waals surface area contributed by atoms with Crippen molar-refractivity contribution in [3.8, 4) is 0 Å². The Morgan fingerprint density at radius 2 is 2.22 bits per heavy atom. The van der Waals surface area contributed by atoms with Crippen molar-refractivity contribution in [2.24, 2.45) is 0 Å². The number of hydrogen-bond acceptors (Lipinski definition) is 4. The number of H-pyrrole nitrogens is 1. The fourth-order valence-electron chi connectivity index (χ4n) is 2.10. The fraction of sp³-hybridized carbons (Fsp3) is 0.0833. The Hall–Kier alpha value is -2.21. The standard InChI is InChI=1S/C12H9N5S/c1-2-4-9-8(3-1)15-12-17(9)11(16-18-12)7-10-13-5-6-14-10/h1-6H,7H2,(H,13,14). The topological polar surface area (TPSA) is 58.9 Å². The van der Waals surface area contributed by atoms with Crippen LogP contribution in [0.25, 0.3) is 16.0 Å². The predicted octanol–water partition coefficient (Wildman–Crippen LogP) is 2.26. The second-order valence-electron chi connectivity index (χ2n) is 4.03. The Kier molecular flexibility index (Phi) is 1.98. The summed E-state index contributed by atoms with van der Waals surface area (Å²) in [6, 6.07) is 8.10. The minimum absolute atomic E-state index is 0.688. The van der Waals surface area contributed by atoms with Gasteiger partial charge in [-0.25, -0.2) is 9.97 Å². The van der Waals surface area contributed by atoms with E-state index in [1.807, 2.05) is 24.4 Å². The van der Waals surface area contributed by atoms with Gasteiger partial charge in [0.25, 0.3) is 0 Å². The molecule has 4 aromatic rings. The van der Waals surface area contributed by atoms with Crippen LogP contribution in [0.4, 0.5) is 0 Å². The number of aromatic nitrogens is 5. The van der Waals surface area contributed by atoms with E-state index >= 15 is 0 Å². The van der Waals surface area contributed by atoms with Gasteiger partial charge < -0.3 is 4.98 Å². The monoisotopic (exact) mass is 255 g/mol. The summed E-state index contributed by atoms with van der Waals surface area (Å²) in [7, 11) is 0. The van der Waals surface area contributed by atoms with Gasteiger partial charge in [-0.15, -0.1) is 0 Å². The SMILES string of the molecule is c1ccc2c(c1)nc1snc(Cc3ncc[nH]3)n12. The van der Waals surface area contributed by atoms with E-state index in [-0.39, 0.29) is 0 Å². The van der Waals surface area contributed by atoms with Gasteiger partial charge in [0.1, 0.15) is 11.6 Å². The number of imidazole rings is 2. The van der Waals surface area contributed by atoms with Gasteiger partial charge in [0, 0.05) is 23.9 Å².